The van der Waals surface area contributed by atoms with E-state index in [9.17, 15) is 25.7 Å². The number of phenolic OH excluding ortho intramolecular Hbond substituents is 1. The van der Waals surface area contributed by atoms with Crippen LogP contribution in [0.3, 0.4) is 0 Å². The molecular formula is C24H15N5O4. The van der Waals surface area contributed by atoms with E-state index in [1.165, 1.54) is 24.3 Å². The number of non-ortho nitro benzene ring substituents is 1. The Hall–Kier alpha value is -5.15. The number of ether oxygens (including phenoxy) is 1. The highest BCUT2D eigenvalue weighted by atomic mass is 16.6. The Balaban J connectivity index is 1.63. The van der Waals surface area contributed by atoms with Gasteiger partial charge in [0.15, 0.2) is 11.5 Å². The van der Waals surface area contributed by atoms with Crippen molar-refractivity contribution in [3.63, 3.8) is 0 Å². The summed E-state index contributed by atoms with van der Waals surface area (Å²) in [7, 11) is 0. The zero-order chi connectivity index (χ0) is 23.5. The number of nitrogens with zero attached hydrogens (tertiary/aromatic N) is 4. The third kappa shape index (κ3) is 4.33. The molecule has 0 aliphatic heterocycles. The van der Waals surface area contributed by atoms with E-state index in [0.29, 0.717) is 11.4 Å². The van der Waals surface area contributed by atoms with Gasteiger partial charge in [-0.05, 0) is 54.5 Å². The summed E-state index contributed by atoms with van der Waals surface area (Å²) in [5.74, 6) is 0.290. The lowest BCUT2D eigenvalue weighted by Gasteiger charge is -2.09. The molecule has 0 saturated carbocycles. The van der Waals surface area contributed by atoms with E-state index < -0.39 is 4.92 Å². The highest BCUT2D eigenvalue weighted by Crippen LogP contribution is 2.35. The summed E-state index contributed by atoms with van der Waals surface area (Å²) in [4.78, 5) is 17.8. The number of hydrogen-bond acceptors (Lipinski definition) is 7. The fourth-order valence-electron chi connectivity index (χ4n) is 3.21. The van der Waals surface area contributed by atoms with E-state index in [1.54, 1.807) is 12.1 Å². The third-order valence-corrected chi connectivity index (χ3v) is 4.82. The molecule has 0 saturated heterocycles. The molecule has 1 aromatic heterocycles. The monoisotopic (exact) mass is 437 g/mol. The van der Waals surface area contributed by atoms with Gasteiger partial charge in [0.05, 0.1) is 21.5 Å². The fraction of sp³-hybridized carbons (Fsp3) is 0.0417. The summed E-state index contributed by atoms with van der Waals surface area (Å²) in [6.45, 7) is 1.96. The van der Waals surface area contributed by atoms with Crippen molar-refractivity contribution in [2.45, 2.75) is 6.92 Å². The van der Waals surface area contributed by atoms with Gasteiger partial charge in [-0.3, -0.25) is 10.1 Å². The maximum Gasteiger partial charge on any atom is 0.271 e. The number of aryl methyl sites for hydroxylation is 1. The molecule has 33 heavy (non-hydrogen) atoms. The Kier molecular flexibility index (Phi) is 5.46. The number of rotatable bonds is 5. The summed E-state index contributed by atoms with van der Waals surface area (Å²) in [5.41, 5.74) is 3.13. The number of benzene rings is 3. The Morgan fingerprint density at radius 2 is 1.94 bits per heavy atom. The summed E-state index contributed by atoms with van der Waals surface area (Å²) in [5, 5.41) is 40.2. The molecule has 2 N–H and O–H groups in total. The molecule has 3 aromatic carbocycles. The van der Waals surface area contributed by atoms with Crippen molar-refractivity contribution in [3.8, 4) is 29.4 Å². The van der Waals surface area contributed by atoms with Crippen LogP contribution >= 0.6 is 0 Å². The van der Waals surface area contributed by atoms with Gasteiger partial charge in [-0.2, -0.15) is 10.5 Å². The first kappa shape index (κ1) is 21.1. The molecule has 0 bridgehead atoms. The summed E-state index contributed by atoms with van der Waals surface area (Å²) >= 11 is 0. The van der Waals surface area contributed by atoms with Gasteiger partial charge in [0.2, 0.25) is 0 Å². The number of aromatic hydroxyl groups is 1. The highest BCUT2D eigenvalue weighted by Gasteiger charge is 2.14. The lowest BCUT2D eigenvalue weighted by Crippen LogP contribution is -1.93. The van der Waals surface area contributed by atoms with Gasteiger partial charge in [-0.25, -0.2) is 4.98 Å². The van der Waals surface area contributed by atoms with Crippen LogP contribution < -0.4 is 4.74 Å². The van der Waals surface area contributed by atoms with Gasteiger partial charge in [0, 0.05) is 12.1 Å². The molecule has 0 unspecified atom stereocenters. The lowest BCUT2D eigenvalue weighted by atomic mass is 10.1. The van der Waals surface area contributed by atoms with E-state index in [2.05, 4.69) is 16.0 Å². The summed E-state index contributed by atoms with van der Waals surface area (Å²) in [6.07, 6.45) is 1.57. The number of imidazole rings is 1. The number of allylic oxidation sites excluding steroid dienone is 1. The molecule has 0 amide bonds. The summed E-state index contributed by atoms with van der Waals surface area (Å²) in [6, 6.07) is 17.8. The molecule has 0 radical (unpaired) electrons. The van der Waals surface area contributed by atoms with E-state index in [-0.39, 0.29) is 34.1 Å². The van der Waals surface area contributed by atoms with Crippen molar-refractivity contribution in [1.82, 2.24) is 9.97 Å². The Morgan fingerprint density at radius 1 is 1.15 bits per heavy atom. The van der Waals surface area contributed by atoms with Crippen molar-refractivity contribution in [2.24, 2.45) is 0 Å². The van der Waals surface area contributed by atoms with E-state index in [1.807, 2.05) is 31.2 Å². The predicted molar refractivity (Wildman–Crippen MR) is 120 cm³/mol. The maximum atomic E-state index is 10.9. The minimum absolute atomic E-state index is 0.0422. The Morgan fingerprint density at radius 3 is 2.64 bits per heavy atom. The van der Waals surface area contributed by atoms with Gasteiger partial charge >= 0.3 is 0 Å². The number of nitro groups is 1. The second-order valence-electron chi connectivity index (χ2n) is 7.15. The van der Waals surface area contributed by atoms with Crippen LogP contribution in [0.4, 0.5) is 5.69 Å². The van der Waals surface area contributed by atoms with Crippen molar-refractivity contribution >= 4 is 28.4 Å². The van der Waals surface area contributed by atoms with Crippen LogP contribution in [0.15, 0.2) is 54.6 Å². The van der Waals surface area contributed by atoms with E-state index in [4.69, 9.17) is 4.74 Å². The summed E-state index contributed by atoms with van der Waals surface area (Å²) < 4.78 is 5.59. The van der Waals surface area contributed by atoms with Gasteiger partial charge in [0.25, 0.3) is 5.69 Å². The topological polar surface area (TPSA) is 149 Å². The molecule has 1 heterocycles. The molecule has 0 aliphatic carbocycles. The average molecular weight is 437 g/mol. The first-order valence-corrected chi connectivity index (χ1v) is 9.66. The van der Waals surface area contributed by atoms with E-state index >= 15 is 0 Å². The number of aromatic amines is 1. The standard InChI is InChI=1S/C24H15N5O4/c1-14-2-5-19-20(8-14)28-24(27-19)17(13-26)9-15-3-6-23(21(30)10-15)33-22-7-4-18(29(31)32)11-16(22)12-25/h2-11,30H,1H3,(H,27,28)/b17-9+. The molecule has 4 aromatic rings. The largest absolute Gasteiger partial charge is 0.504 e. The second-order valence-corrected chi connectivity index (χ2v) is 7.15. The maximum absolute atomic E-state index is 10.9. The Bertz CT molecular complexity index is 1520. The lowest BCUT2D eigenvalue weighted by molar-refractivity contribution is -0.384. The number of H-pyrrole nitrogens is 1. The minimum Gasteiger partial charge on any atom is -0.504 e. The van der Waals surface area contributed by atoms with Crippen molar-refractivity contribution in [3.05, 3.63) is 87.2 Å². The molecular weight excluding hydrogens is 422 g/mol. The highest BCUT2D eigenvalue weighted by molar-refractivity contribution is 5.90. The second kappa shape index (κ2) is 8.53. The molecule has 4 rings (SSSR count). The molecule has 0 aliphatic rings. The predicted octanol–water partition coefficient (Wildman–Crippen LogP) is 5.21. The zero-order valence-electron chi connectivity index (χ0n) is 17.2. The quantitative estimate of drug-likeness (QED) is 0.247. The zero-order valence-corrected chi connectivity index (χ0v) is 17.2. The molecule has 9 heteroatoms. The van der Waals surface area contributed by atoms with Gasteiger partial charge < -0.3 is 14.8 Å². The van der Waals surface area contributed by atoms with Gasteiger partial charge in [-0.1, -0.05) is 12.1 Å². The number of hydrogen-bond donors (Lipinski definition) is 2. The van der Waals surface area contributed by atoms with Crippen LogP contribution in [0, 0.1) is 39.7 Å². The van der Waals surface area contributed by atoms with Crippen LogP contribution in [0.1, 0.15) is 22.5 Å². The fourth-order valence-corrected chi connectivity index (χ4v) is 3.21. The van der Waals surface area contributed by atoms with Gasteiger partial charge in [-0.15, -0.1) is 0 Å². The van der Waals surface area contributed by atoms with Crippen LogP contribution in [0.2, 0.25) is 0 Å². The first-order valence-electron chi connectivity index (χ1n) is 9.66. The average Bonchev–Trinajstić information content (AvgIpc) is 3.22. The van der Waals surface area contributed by atoms with E-state index in [0.717, 1.165) is 22.7 Å². The number of nitriles is 2. The number of phenols is 1. The van der Waals surface area contributed by atoms with Crippen LogP contribution in [0.25, 0.3) is 22.7 Å². The van der Waals surface area contributed by atoms with Gasteiger partial charge in [0.1, 0.15) is 29.3 Å². The SMILES string of the molecule is Cc1ccc2nc(/C(C#N)=C/c3ccc(Oc4ccc([N+](=O)[O-])cc4C#N)c(O)c3)[nH]c2c1. The molecule has 9 nitrogen and oxygen atoms in total. The number of fused-ring (bicyclic) bond motifs is 1. The Labute approximate surface area is 187 Å². The number of nitrogens with one attached hydrogen (secondary N) is 1. The number of aromatic nitrogens is 2. The minimum atomic E-state index is -0.612. The molecule has 160 valence electrons. The number of nitro benzene ring substituents is 1. The molecule has 0 spiro atoms. The molecule has 0 atom stereocenters. The van der Waals surface area contributed by atoms with Crippen LogP contribution in [-0.2, 0) is 0 Å². The molecule has 0 fully saturated rings. The third-order valence-electron chi connectivity index (χ3n) is 4.82. The first-order chi connectivity index (χ1) is 15.9. The van der Waals surface area contributed by atoms with Crippen molar-refractivity contribution in [2.75, 3.05) is 0 Å². The normalized spacial score (nSPS) is 11.1. The van der Waals surface area contributed by atoms with Crippen LogP contribution in [0.5, 0.6) is 17.2 Å². The van der Waals surface area contributed by atoms with Crippen molar-refractivity contribution in [1.29, 1.82) is 10.5 Å². The smallest absolute Gasteiger partial charge is 0.271 e. The van der Waals surface area contributed by atoms with Crippen LogP contribution in [-0.4, -0.2) is 20.0 Å². The van der Waals surface area contributed by atoms with Crippen molar-refractivity contribution < 1.29 is 14.8 Å².